The minimum atomic E-state index is 0.178. The highest BCUT2D eigenvalue weighted by Crippen LogP contribution is 2.26. The van der Waals surface area contributed by atoms with Crippen LogP contribution in [0.25, 0.3) is 0 Å². The summed E-state index contributed by atoms with van der Waals surface area (Å²) in [5.74, 6) is 0.666. The third-order valence-corrected chi connectivity index (χ3v) is 5.15. The van der Waals surface area contributed by atoms with Crippen LogP contribution in [0.3, 0.4) is 0 Å². The molecule has 0 aliphatic carbocycles. The Kier molecular flexibility index (Phi) is 4.42. The van der Waals surface area contributed by atoms with Gasteiger partial charge in [-0.2, -0.15) is 0 Å². The van der Waals surface area contributed by atoms with Crippen LogP contribution in [0.1, 0.15) is 15.2 Å². The predicted octanol–water partition coefficient (Wildman–Crippen LogP) is 4.79. The Hall–Kier alpha value is -0.580. The van der Waals surface area contributed by atoms with Crippen LogP contribution in [-0.4, -0.2) is 11.5 Å². The van der Waals surface area contributed by atoms with Crippen LogP contribution in [0.5, 0.6) is 0 Å². The Morgan fingerprint density at radius 3 is 2.59 bits per heavy atom. The number of hydrogen-bond donors (Lipinski definition) is 0. The van der Waals surface area contributed by atoms with Crippen LogP contribution in [0.2, 0.25) is 0 Å². The Morgan fingerprint density at radius 1 is 1.29 bits per heavy atom. The van der Waals surface area contributed by atoms with Crippen molar-refractivity contribution >= 4 is 44.8 Å². The Balaban J connectivity index is 1.97. The number of halogens is 1. The van der Waals surface area contributed by atoms with E-state index in [4.69, 9.17) is 0 Å². The molecule has 1 aromatic heterocycles. The number of hydrogen-bond acceptors (Lipinski definition) is 3. The number of rotatable bonds is 4. The van der Waals surface area contributed by atoms with Crippen LogP contribution < -0.4 is 0 Å². The third-order valence-electron chi connectivity index (χ3n) is 2.26. The van der Waals surface area contributed by atoms with Gasteiger partial charge in [0.2, 0.25) is 0 Å². The van der Waals surface area contributed by atoms with E-state index in [1.54, 1.807) is 11.8 Å². The van der Waals surface area contributed by atoms with Gasteiger partial charge in [0.05, 0.1) is 10.6 Å². The maximum Gasteiger partial charge on any atom is 0.184 e. The quantitative estimate of drug-likeness (QED) is 0.593. The van der Waals surface area contributed by atoms with Gasteiger partial charge in [-0.05, 0) is 46.4 Å². The molecule has 0 radical (unpaired) electrons. The van der Waals surface area contributed by atoms with Crippen LogP contribution in [0.15, 0.2) is 45.1 Å². The standard InChI is InChI=1S/C13H11BrOS2/c1-9-2-4-10(5-3-9)17-8-12(15)13-11(14)6-7-16-13/h2-7H,8H2,1H3. The number of carbonyl (C=O) groups is 1. The molecule has 1 heterocycles. The number of aryl methyl sites for hydroxylation is 1. The van der Waals surface area contributed by atoms with E-state index in [2.05, 4.69) is 47.1 Å². The van der Waals surface area contributed by atoms with Gasteiger partial charge in [0.1, 0.15) is 0 Å². The molecule has 0 fully saturated rings. The van der Waals surface area contributed by atoms with Gasteiger partial charge in [-0.15, -0.1) is 23.1 Å². The highest BCUT2D eigenvalue weighted by Gasteiger charge is 2.11. The summed E-state index contributed by atoms with van der Waals surface area (Å²) in [6, 6.07) is 10.1. The molecule has 1 aromatic carbocycles. The van der Waals surface area contributed by atoms with E-state index in [9.17, 15) is 4.79 Å². The molecule has 0 aliphatic rings. The lowest BCUT2D eigenvalue weighted by Crippen LogP contribution is -2.00. The lowest BCUT2D eigenvalue weighted by atomic mass is 10.2. The predicted molar refractivity (Wildman–Crippen MR) is 78.3 cm³/mol. The monoisotopic (exact) mass is 326 g/mol. The zero-order chi connectivity index (χ0) is 12.3. The molecule has 0 saturated heterocycles. The average molecular weight is 327 g/mol. The van der Waals surface area contributed by atoms with Crippen LogP contribution >= 0.6 is 39.0 Å². The molecule has 88 valence electrons. The second-order valence-electron chi connectivity index (χ2n) is 3.62. The van der Waals surface area contributed by atoms with Gasteiger partial charge in [0.25, 0.3) is 0 Å². The molecule has 0 amide bonds. The van der Waals surface area contributed by atoms with E-state index in [1.807, 2.05) is 11.4 Å². The summed E-state index contributed by atoms with van der Waals surface area (Å²) in [7, 11) is 0. The van der Waals surface area contributed by atoms with Gasteiger partial charge in [-0.3, -0.25) is 4.79 Å². The first-order valence-electron chi connectivity index (χ1n) is 5.12. The SMILES string of the molecule is Cc1ccc(SCC(=O)c2sccc2Br)cc1. The van der Waals surface area contributed by atoms with Crippen LogP contribution in [0.4, 0.5) is 0 Å². The van der Waals surface area contributed by atoms with E-state index in [0.29, 0.717) is 5.75 Å². The first kappa shape index (κ1) is 12.9. The number of carbonyl (C=O) groups excluding carboxylic acids is 1. The molecule has 0 spiro atoms. The maximum atomic E-state index is 11.9. The van der Waals surface area contributed by atoms with Crippen molar-refractivity contribution in [3.8, 4) is 0 Å². The first-order valence-corrected chi connectivity index (χ1v) is 7.78. The van der Waals surface area contributed by atoms with Gasteiger partial charge in [-0.1, -0.05) is 17.7 Å². The minimum absolute atomic E-state index is 0.178. The Labute approximate surface area is 117 Å². The molecular weight excluding hydrogens is 316 g/mol. The van der Waals surface area contributed by atoms with Gasteiger partial charge in [-0.25, -0.2) is 0 Å². The van der Waals surface area contributed by atoms with Crippen molar-refractivity contribution in [3.63, 3.8) is 0 Å². The lowest BCUT2D eigenvalue weighted by Gasteiger charge is -2.01. The molecule has 0 saturated carbocycles. The summed E-state index contributed by atoms with van der Waals surface area (Å²) in [4.78, 5) is 13.9. The summed E-state index contributed by atoms with van der Waals surface area (Å²) >= 11 is 6.45. The van der Waals surface area contributed by atoms with E-state index in [-0.39, 0.29) is 5.78 Å². The van der Waals surface area contributed by atoms with Crippen molar-refractivity contribution in [2.24, 2.45) is 0 Å². The molecule has 4 heteroatoms. The highest BCUT2D eigenvalue weighted by molar-refractivity contribution is 9.10. The second kappa shape index (κ2) is 5.85. The summed E-state index contributed by atoms with van der Waals surface area (Å²) in [6.07, 6.45) is 0. The Bertz CT molecular complexity index is 516. The third kappa shape index (κ3) is 3.44. The van der Waals surface area contributed by atoms with Crippen molar-refractivity contribution in [2.45, 2.75) is 11.8 Å². The highest BCUT2D eigenvalue weighted by atomic mass is 79.9. The molecule has 0 N–H and O–H groups in total. The molecule has 1 nitrogen and oxygen atoms in total. The zero-order valence-electron chi connectivity index (χ0n) is 9.27. The van der Waals surface area contributed by atoms with Crippen molar-refractivity contribution in [1.82, 2.24) is 0 Å². The number of thiophene rings is 1. The van der Waals surface area contributed by atoms with Crippen LogP contribution in [0, 0.1) is 6.92 Å². The van der Waals surface area contributed by atoms with E-state index >= 15 is 0 Å². The smallest absolute Gasteiger partial charge is 0.184 e. The molecule has 2 aromatic rings. The average Bonchev–Trinajstić information content (AvgIpc) is 2.74. The van der Waals surface area contributed by atoms with Gasteiger partial charge < -0.3 is 0 Å². The molecule has 0 atom stereocenters. The number of ketones is 1. The summed E-state index contributed by atoms with van der Waals surface area (Å²) in [5.41, 5.74) is 1.24. The number of thioether (sulfide) groups is 1. The molecule has 0 unspecified atom stereocenters. The molecule has 17 heavy (non-hydrogen) atoms. The largest absolute Gasteiger partial charge is 0.292 e. The van der Waals surface area contributed by atoms with Crippen molar-refractivity contribution in [1.29, 1.82) is 0 Å². The summed E-state index contributed by atoms with van der Waals surface area (Å²) < 4.78 is 0.900. The van der Waals surface area contributed by atoms with E-state index in [1.165, 1.54) is 16.9 Å². The van der Waals surface area contributed by atoms with Crippen molar-refractivity contribution < 1.29 is 4.79 Å². The molecule has 0 bridgehead atoms. The van der Waals surface area contributed by atoms with Gasteiger partial charge in [0.15, 0.2) is 5.78 Å². The fourth-order valence-electron chi connectivity index (χ4n) is 1.34. The fraction of sp³-hybridized carbons (Fsp3) is 0.154. The summed E-state index contributed by atoms with van der Waals surface area (Å²) in [5, 5.41) is 1.92. The molecule has 0 aliphatic heterocycles. The normalized spacial score (nSPS) is 10.5. The second-order valence-corrected chi connectivity index (χ2v) is 6.44. The topological polar surface area (TPSA) is 17.1 Å². The molecular formula is C13H11BrOS2. The first-order chi connectivity index (χ1) is 8.16. The number of benzene rings is 1. The van der Waals surface area contributed by atoms with Crippen molar-refractivity contribution in [3.05, 3.63) is 50.6 Å². The van der Waals surface area contributed by atoms with Gasteiger partial charge in [0, 0.05) is 9.37 Å². The zero-order valence-corrected chi connectivity index (χ0v) is 12.5. The fourth-order valence-corrected chi connectivity index (χ4v) is 3.74. The minimum Gasteiger partial charge on any atom is -0.292 e. The maximum absolute atomic E-state index is 11.9. The molecule has 2 rings (SSSR count). The van der Waals surface area contributed by atoms with Crippen molar-refractivity contribution in [2.75, 3.05) is 5.75 Å². The van der Waals surface area contributed by atoms with Gasteiger partial charge >= 0.3 is 0 Å². The van der Waals surface area contributed by atoms with Crippen LogP contribution in [-0.2, 0) is 0 Å². The van der Waals surface area contributed by atoms with E-state index in [0.717, 1.165) is 14.2 Å². The Morgan fingerprint density at radius 2 is 2.00 bits per heavy atom. The summed E-state index contributed by atoms with van der Waals surface area (Å²) in [6.45, 7) is 2.06. The van der Waals surface area contributed by atoms with E-state index < -0.39 is 0 Å². The number of Topliss-reactive ketones (excluding diaryl/α,β-unsaturated/α-hetero) is 1. The lowest BCUT2D eigenvalue weighted by molar-refractivity contribution is 0.102.